The zero-order chi connectivity index (χ0) is 18.6. The fraction of sp³-hybridized carbons (Fsp3) is 0.762. The van der Waals surface area contributed by atoms with Gasteiger partial charge in [0.1, 0.15) is 6.10 Å². The lowest BCUT2D eigenvalue weighted by atomic mass is 10.1. The van der Waals surface area contributed by atoms with Crippen molar-refractivity contribution in [2.75, 3.05) is 13.2 Å². The van der Waals surface area contributed by atoms with Gasteiger partial charge in [0.05, 0.1) is 13.2 Å². The maximum atomic E-state index is 11.4. The van der Waals surface area contributed by atoms with Crippen molar-refractivity contribution in [1.82, 2.24) is 0 Å². The quantitative estimate of drug-likeness (QED) is 0.226. The van der Waals surface area contributed by atoms with Crippen LogP contribution in [0.2, 0.25) is 0 Å². The molecule has 0 atom stereocenters. The minimum atomic E-state index is -0.773. The van der Waals surface area contributed by atoms with Crippen LogP contribution in [0.3, 0.4) is 0 Å². The summed E-state index contributed by atoms with van der Waals surface area (Å²) in [5, 5.41) is 17.7. The Morgan fingerprint density at radius 3 is 2.00 bits per heavy atom. The zero-order valence-electron chi connectivity index (χ0n) is 16.0. The third kappa shape index (κ3) is 17.5. The second-order valence-corrected chi connectivity index (χ2v) is 6.46. The minimum Gasteiger partial charge on any atom is -0.457 e. The molecule has 0 heterocycles. The predicted octanol–water partition coefficient (Wildman–Crippen LogP) is 4.70. The van der Waals surface area contributed by atoms with Crippen LogP contribution in [0.5, 0.6) is 0 Å². The first-order valence-corrected chi connectivity index (χ1v) is 9.95. The smallest absolute Gasteiger partial charge is 0.306 e. The van der Waals surface area contributed by atoms with E-state index in [9.17, 15) is 4.79 Å². The molecule has 4 nitrogen and oxygen atoms in total. The third-order valence-electron chi connectivity index (χ3n) is 4.04. The van der Waals surface area contributed by atoms with E-state index in [1.807, 2.05) is 0 Å². The van der Waals surface area contributed by atoms with Crippen LogP contribution in [0.4, 0.5) is 0 Å². The summed E-state index contributed by atoms with van der Waals surface area (Å²) in [6.07, 6.45) is 21.2. The Morgan fingerprint density at radius 2 is 1.40 bits per heavy atom. The largest absolute Gasteiger partial charge is 0.457 e. The number of hydrogen-bond acceptors (Lipinski definition) is 4. The Bertz CT molecular complexity index is 346. The highest BCUT2D eigenvalue weighted by Crippen LogP contribution is 2.09. The summed E-state index contributed by atoms with van der Waals surface area (Å²) in [6, 6.07) is 0. The molecule has 0 amide bonds. The van der Waals surface area contributed by atoms with E-state index in [-0.39, 0.29) is 19.2 Å². The number of unbranched alkanes of at least 4 members (excludes halogenated alkanes) is 8. The van der Waals surface area contributed by atoms with E-state index < -0.39 is 6.10 Å². The standard InChI is InChI=1S/C21H38O4/c1-2-3-4-5-6-7-8-9-10-11-12-13-14-15-16-17-21(24)25-20(18-22)19-23/h6-7,9-10,20,22-23H,2-5,8,11-19H2,1H3/b7-6-,10-9+. The molecule has 0 spiro atoms. The van der Waals surface area contributed by atoms with Crippen LogP contribution < -0.4 is 0 Å². The monoisotopic (exact) mass is 354 g/mol. The highest BCUT2D eigenvalue weighted by molar-refractivity contribution is 5.69. The molecule has 0 aliphatic rings. The maximum absolute atomic E-state index is 11.4. The van der Waals surface area contributed by atoms with Gasteiger partial charge in [-0.15, -0.1) is 0 Å². The van der Waals surface area contributed by atoms with Crippen molar-refractivity contribution in [2.24, 2.45) is 0 Å². The van der Waals surface area contributed by atoms with Crippen LogP contribution in [-0.2, 0) is 9.53 Å². The number of carbonyl (C=O) groups excluding carboxylic acids is 1. The van der Waals surface area contributed by atoms with E-state index in [1.54, 1.807) is 0 Å². The Hall–Kier alpha value is -1.13. The van der Waals surface area contributed by atoms with E-state index in [4.69, 9.17) is 14.9 Å². The topological polar surface area (TPSA) is 66.8 Å². The van der Waals surface area contributed by atoms with Crippen LogP contribution >= 0.6 is 0 Å². The van der Waals surface area contributed by atoms with Crippen molar-refractivity contribution in [3.8, 4) is 0 Å². The molecule has 0 aromatic carbocycles. The van der Waals surface area contributed by atoms with Gasteiger partial charge in [0, 0.05) is 6.42 Å². The fourth-order valence-electron chi connectivity index (χ4n) is 2.46. The molecule has 0 aromatic heterocycles. The molecule has 25 heavy (non-hydrogen) atoms. The van der Waals surface area contributed by atoms with Gasteiger partial charge in [-0.1, -0.05) is 63.3 Å². The Morgan fingerprint density at radius 1 is 0.840 bits per heavy atom. The van der Waals surface area contributed by atoms with Gasteiger partial charge in [0.15, 0.2) is 0 Å². The minimum absolute atomic E-state index is 0.329. The van der Waals surface area contributed by atoms with Gasteiger partial charge in [-0.3, -0.25) is 4.79 Å². The molecule has 0 saturated carbocycles. The third-order valence-corrected chi connectivity index (χ3v) is 4.04. The van der Waals surface area contributed by atoms with E-state index in [0.29, 0.717) is 6.42 Å². The second kappa shape index (κ2) is 19.2. The van der Waals surface area contributed by atoms with Crippen LogP contribution in [0, 0.1) is 0 Å². The molecular formula is C21H38O4. The molecule has 0 unspecified atom stereocenters. The number of hydrogen-bond donors (Lipinski definition) is 2. The summed E-state index contributed by atoms with van der Waals surface area (Å²) in [6.45, 7) is 1.57. The summed E-state index contributed by atoms with van der Waals surface area (Å²) < 4.78 is 4.91. The van der Waals surface area contributed by atoms with E-state index >= 15 is 0 Å². The van der Waals surface area contributed by atoms with E-state index in [1.165, 1.54) is 38.5 Å². The number of rotatable bonds is 17. The van der Waals surface area contributed by atoms with Crippen molar-refractivity contribution in [1.29, 1.82) is 0 Å². The molecule has 0 aliphatic heterocycles. The number of esters is 1. The van der Waals surface area contributed by atoms with Gasteiger partial charge < -0.3 is 14.9 Å². The average Bonchev–Trinajstić information content (AvgIpc) is 2.62. The Kier molecular flexibility index (Phi) is 18.3. The van der Waals surface area contributed by atoms with Crippen LogP contribution in [0.15, 0.2) is 24.3 Å². The number of carbonyl (C=O) groups is 1. The highest BCUT2D eigenvalue weighted by Gasteiger charge is 2.11. The SMILES string of the molecule is CCCCC/C=C\C/C=C/CCCCCCCC(=O)OC(CO)CO. The zero-order valence-corrected chi connectivity index (χ0v) is 16.0. The van der Waals surface area contributed by atoms with Gasteiger partial charge in [0.2, 0.25) is 0 Å². The van der Waals surface area contributed by atoms with Crippen molar-refractivity contribution in [3.63, 3.8) is 0 Å². The first-order valence-electron chi connectivity index (χ1n) is 9.95. The van der Waals surface area contributed by atoms with E-state index in [0.717, 1.165) is 32.1 Å². The first-order chi connectivity index (χ1) is 12.2. The molecule has 2 N–H and O–H groups in total. The van der Waals surface area contributed by atoms with Crippen molar-refractivity contribution in [3.05, 3.63) is 24.3 Å². The molecule has 0 fully saturated rings. The van der Waals surface area contributed by atoms with Gasteiger partial charge in [-0.25, -0.2) is 0 Å². The second-order valence-electron chi connectivity index (χ2n) is 6.46. The highest BCUT2D eigenvalue weighted by atomic mass is 16.6. The molecule has 0 aromatic rings. The number of allylic oxidation sites excluding steroid dienone is 4. The molecule has 4 heteroatoms. The molecule has 0 aliphatic carbocycles. The lowest BCUT2D eigenvalue weighted by Gasteiger charge is -2.12. The normalized spacial score (nSPS) is 11.8. The van der Waals surface area contributed by atoms with Crippen molar-refractivity contribution < 1.29 is 19.7 Å². The lowest BCUT2D eigenvalue weighted by molar-refractivity contribution is -0.153. The predicted molar refractivity (Wildman–Crippen MR) is 103 cm³/mol. The maximum Gasteiger partial charge on any atom is 0.306 e. The van der Waals surface area contributed by atoms with Crippen molar-refractivity contribution >= 4 is 5.97 Å². The van der Waals surface area contributed by atoms with Crippen LogP contribution in [-0.4, -0.2) is 35.5 Å². The number of ether oxygens (including phenoxy) is 1. The molecular weight excluding hydrogens is 316 g/mol. The van der Waals surface area contributed by atoms with Gasteiger partial charge in [-0.2, -0.15) is 0 Å². The molecule has 0 radical (unpaired) electrons. The summed E-state index contributed by atoms with van der Waals surface area (Å²) >= 11 is 0. The van der Waals surface area contributed by atoms with Crippen molar-refractivity contribution in [2.45, 2.75) is 90.1 Å². The number of aliphatic hydroxyl groups excluding tert-OH is 2. The van der Waals surface area contributed by atoms with Crippen LogP contribution in [0.25, 0.3) is 0 Å². The molecule has 0 saturated heterocycles. The number of aliphatic hydroxyl groups is 2. The van der Waals surface area contributed by atoms with Gasteiger partial charge >= 0.3 is 5.97 Å². The van der Waals surface area contributed by atoms with E-state index in [2.05, 4.69) is 31.2 Å². The fourth-order valence-corrected chi connectivity index (χ4v) is 2.46. The van der Waals surface area contributed by atoms with Crippen LogP contribution in [0.1, 0.15) is 84.0 Å². The summed E-state index contributed by atoms with van der Waals surface area (Å²) in [7, 11) is 0. The Labute approximate surface area is 154 Å². The Balaban J connectivity index is 3.35. The molecule has 0 bridgehead atoms. The lowest BCUT2D eigenvalue weighted by Crippen LogP contribution is -2.25. The first kappa shape index (κ1) is 23.9. The molecule has 0 rings (SSSR count). The molecule has 146 valence electrons. The summed E-state index contributed by atoms with van der Waals surface area (Å²) in [5.74, 6) is -0.334. The van der Waals surface area contributed by atoms with Gasteiger partial charge in [-0.05, 0) is 38.5 Å². The summed E-state index contributed by atoms with van der Waals surface area (Å²) in [5.41, 5.74) is 0. The average molecular weight is 355 g/mol. The van der Waals surface area contributed by atoms with Gasteiger partial charge in [0.25, 0.3) is 0 Å². The summed E-state index contributed by atoms with van der Waals surface area (Å²) in [4.78, 5) is 11.4.